The van der Waals surface area contributed by atoms with Crippen molar-refractivity contribution in [2.45, 2.75) is 39.2 Å². The van der Waals surface area contributed by atoms with E-state index in [2.05, 4.69) is 10.1 Å². The van der Waals surface area contributed by atoms with Gasteiger partial charge in [-0.05, 0) is 26.2 Å². The third-order valence-electron chi connectivity index (χ3n) is 4.21. The van der Waals surface area contributed by atoms with E-state index in [0.29, 0.717) is 19.4 Å². The average molecular weight is 280 g/mol. The van der Waals surface area contributed by atoms with Crippen LogP contribution < -0.4 is 0 Å². The molecule has 0 bridgehead atoms. The van der Waals surface area contributed by atoms with Crippen molar-refractivity contribution < 1.29 is 14.7 Å². The summed E-state index contributed by atoms with van der Waals surface area (Å²) in [5.41, 5.74) is -0.810. The lowest BCUT2D eigenvalue weighted by Gasteiger charge is -2.40. The zero-order valence-electron chi connectivity index (χ0n) is 11.8. The molecule has 1 amide bonds. The number of aromatic nitrogens is 3. The molecule has 1 fully saturated rings. The Hall–Kier alpha value is -1.92. The molecule has 1 N–H and O–H groups in total. The Balaban J connectivity index is 2.12. The van der Waals surface area contributed by atoms with Crippen LogP contribution in [-0.4, -0.2) is 49.7 Å². The molecule has 2 atom stereocenters. The van der Waals surface area contributed by atoms with Crippen LogP contribution in [0.2, 0.25) is 0 Å². The van der Waals surface area contributed by atoms with Crippen LogP contribution in [0.3, 0.4) is 0 Å². The highest BCUT2D eigenvalue weighted by Gasteiger charge is 2.42. The second-order valence-corrected chi connectivity index (χ2v) is 5.35. The molecule has 1 aromatic heterocycles. The number of aliphatic carboxylic acids is 1. The maximum atomic E-state index is 12.5. The second kappa shape index (κ2) is 5.60. The summed E-state index contributed by atoms with van der Waals surface area (Å²) in [6.07, 6.45) is 4.75. The summed E-state index contributed by atoms with van der Waals surface area (Å²) in [6, 6.07) is -0.459. The van der Waals surface area contributed by atoms with Crippen molar-refractivity contribution in [1.29, 1.82) is 0 Å². The minimum absolute atomic E-state index is 0.103. The van der Waals surface area contributed by atoms with Gasteiger partial charge in [0.05, 0.1) is 5.41 Å². The monoisotopic (exact) mass is 280 g/mol. The third kappa shape index (κ3) is 2.52. The lowest BCUT2D eigenvalue weighted by atomic mass is 9.77. The van der Waals surface area contributed by atoms with Gasteiger partial charge in [-0.2, -0.15) is 5.10 Å². The number of carbonyl (C=O) groups excluding carboxylic acids is 1. The Morgan fingerprint density at radius 1 is 1.50 bits per heavy atom. The molecule has 0 spiro atoms. The van der Waals surface area contributed by atoms with Crippen LogP contribution in [0.4, 0.5) is 0 Å². The zero-order valence-corrected chi connectivity index (χ0v) is 11.8. The number of carbonyl (C=O) groups is 2. The lowest BCUT2D eigenvalue weighted by molar-refractivity contribution is -0.155. The number of likely N-dealkylation sites (tertiary alicyclic amines) is 1. The molecule has 2 unspecified atom stereocenters. The van der Waals surface area contributed by atoms with E-state index in [1.807, 2.05) is 6.92 Å². The number of piperidine rings is 1. The van der Waals surface area contributed by atoms with Crippen LogP contribution in [0.25, 0.3) is 0 Å². The van der Waals surface area contributed by atoms with Gasteiger partial charge in [0.25, 0.3) is 0 Å². The van der Waals surface area contributed by atoms with Gasteiger partial charge in [-0.3, -0.25) is 9.59 Å². The molecule has 20 heavy (non-hydrogen) atoms. The zero-order chi connectivity index (χ0) is 14.8. The van der Waals surface area contributed by atoms with Crippen molar-refractivity contribution in [3.05, 3.63) is 12.7 Å². The van der Waals surface area contributed by atoms with Gasteiger partial charge in [0.2, 0.25) is 5.91 Å². The Bertz CT molecular complexity index is 488. The molecule has 7 heteroatoms. The Labute approximate surface area is 117 Å². The maximum Gasteiger partial charge on any atom is 0.311 e. The highest BCUT2D eigenvalue weighted by atomic mass is 16.4. The summed E-state index contributed by atoms with van der Waals surface area (Å²) in [5, 5.41) is 13.4. The first-order valence-corrected chi connectivity index (χ1v) is 6.86. The SMILES string of the molecule is CCC1(C(=O)O)CCCN(C(=O)C(C)n2cncn2)C1. The van der Waals surface area contributed by atoms with Gasteiger partial charge in [-0.15, -0.1) is 0 Å². The fourth-order valence-corrected chi connectivity index (χ4v) is 2.73. The van der Waals surface area contributed by atoms with E-state index in [1.165, 1.54) is 17.3 Å². The molecule has 1 aromatic rings. The Morgan fingerprint density at radius 2 is 2.25 bits per heavy atom. The summed E-state index contributed by atoms with van der Waals surface area (Å²) < 4.78 is 1.49. The molecule has 7 nitrogen and oxygen atoms in total. The van der Waals surface area contributed by atoms with E-state index in [-0.39, 0.29) is 12.5 Å². The third-order valence-corrected chi connectivity index (χ3v) is 4.21. The van der Waals surface area contributed by atoms with E-state index in [1.54, 1.807) is 11.8 Å². The van der Waals surface area contributed by atoms with Gasteiger partial charge in [0.15, 0.2) is 0 Å². The molecule has 1 aliphatic heterocycles. The van der Waals surface area contributed by atoms with Crippen LogP contribution >= 0.6 is 0 Å². The van der Waals surface area contributed by atoms with Crippen molar-refractivity contribution in [3.63, 3.8) is 0 Å². The van der Waals surface area contributed by atoms with Crippen molar-refractivity contribution in [2.75, 3.05) is 13.1 Å². The molecule has 0 aromatic carbocycles. The van der Waals surface area contributed by atoms with Gasteiger partial charge >= 0.3 is 5.97 Å². The number of hydrogen-bond acceptors (Lipinski definition) is 4. The molecular formula is C13H20N4O3. The van der Waals surface area contributed by atoms with Crippen LogP contribution in [0.15, 0.2) is 12.7 Å². The maximum absolute atomic E-state index is 12.5. The number of nitrogens with zero attached hydrogens (tertiary/aromatic N) is 4. The predicted molar refractivity (Wildman–Crippen MR) is 70.9 cm³/mol. The highest BCUT2D eigenvalue weighted by molar-refractivity contribution is 5.82. The Morgan fingerprint density at radius 3 is 2.80 bits per heavy atom. The number of carboxylic acids is 1. The molecule has 0 saturated carbocycles. The first kappa shape index (κ1) is 14.5. The normalized spacial score (nSPS) is 24.4. The first-order chi connectivity index (χ1) is 9.50. The fraction of sp³-hybridized carbons (Fsp3) is 0.692. The Kier molecular flexibility index (Phi) is 4.06. The van der Waals surface area contributed by atoms with E-state index in [4.69, 9.17) is 0 Å². The quantitative estimate of drug-likeness (QED) is 0.886. The number of hydrogen-bond donors (Lipinski definition) is 1. The lowest BCUT2D eigenvalue weighted by Crippen LogP contribution is -2.51. The summed E-state index contributed by atoms with van der Waals surface area (Å²) >= 11 is 0. The minimum Gasteiger partial charge on any atom is -0.481 e. The smallest absolute Gasteiger partial charge is 0.311 e. The molecule has 0 aliphatic carbocycles. The van der Waals surface area contributed by atoms with Crippen LogP contribution in [0.5, 0.6) is 0 Å². The van der Waals surface area contributed by atoms with Gasteiger partial charge in [0.1, 0.15) is 18.7 Å². The average Bonchev–Trinajstić information content (AvgIpc) is 2.99. The summed E-state index contributed by atoms with van der Waals surface area (Å²) in [4.78, 5) is 29.5. The fourth-order valence-electron chi connectivity index (χ4n) is 2.73. The van der Waals surface area contributed by atoms with Gasteiger partial charge in [0, 0.05) is 13.1 Å². The standard InChI is InChI=1S/C13H20N4O3/c1-3-13(12(19)20)5-4-6-16(7-13)11(18)10(2)17-9-14-8-15-17/h8-10H,3-7H2,1-2H3,(H,19,20). The summed E-state index contributed by atoms with van der Waals surface area (Å²) in [5.74, 6) is -0.916. The van der Waals surface area contributed by atoms with Crippen molar-refractivity contribution >= 4 is 11.9 Å². The molecule has 110 valence electrons. The van der Waals surface area contributed by atoms with Crippen molar-refractivity contribution in [1.82, 2.24) is 19.7 Å². The number of rotatable bonds is 4. The predicted octanol–water partition coefficient (Wildman–Crippen LogP) is 0.942. The largest absolute Gasteiger partial charge is 0.481 e. The molecule has 1 aliphatic rings. The van der Waals surface area contributed by atoms with Crippen LogP contribution in [0.1, 0.15) is 39.2 Å². The van der Waals surface area contributed by atoms with E-state index in [9.17, 15) is 14.7 Å². The van der Waals surface area contributed by atoms with E-state index in [0.717, 1.165) is 6.42 Å². The van der Waals surface area contributed by atoms with Crippen LogP contribution in [-0.2, 0) is 9.59 Å². The molecule has 0 radical (unpaired) electrons. The molecular weight excluding hydrogens is 260 g/mol. The van der Waals surface area contributed by atoms with E-state index < -0.39 is 17.4 Å². The van der Waals surface area contributed by atoms with Crippen molar-refractivity contribution in [2.24, 2.45) is 5.41 Å². The number of amides is 1. The molecule has 1 saturated heterocycles. The second-order valence-electron chi connectivity index (χ2n) is 5.35. The minimum atomic E-state index is -0.814. The number of carboxylic acid groups (broad SMARTS) is 1. The van der Waals surface area contributed by atoms with Crippen molar-refractivity contribution in [3.8, 4) is 0 Å². The van der Waals surface area contributed by atoms with Gasteiger partial charge in [-0.1, -0.05) is 6.92 Å². The molecule has 2 rings (SSSR count). The molecule has 2 heterocycles. The van der Waals surface area contributed by atoms with Crippen LogP contribution in [0, 0.1) is 5.41 Å². The van der Waals surface area contributed by atoms with Gasteiger partial charge < -0.3 is 10.0 Å². The highest BCUT2D eigenvalue weighted by Crippen LogP contribution is 2.34. The van der Waals surface area contributed by atoms with E-state index >= 15 is 0 Å². The topological polar surface area (TPSA) is 88.3 Å². The van der Waals surface area contributed by atoms with Gasteiger partial charge in [-0.25, -0.2) is 9.67 Å². The summed E-state index contributed by atoms with van der Waals surface area (Å²) in [6.45, 7) is 4.49. The summed E-state index contributed by atoms with van der Waals surface area (Å²) in [7, 11) is 0. The first-order valence-electron chi connectivity index (χ1n) is 6.86.